The Hall–Kier alpha value is -3.49. The number of nitrogens with one attached hydrogen (secondary N) is 2. The number of carbonyl (C=O) groups excluding carboxylic acids is 5. The van der Waals surface area contributed by atoms with E-state index in [4.69, 9.17) is 4.74 Å². The van der Waals surface area contributed by atoms with Crippen LogP contribution in [-0.4, -0.2) is 47.3 Å². The lowest BCUT2D eigenvalue weighted by Gasteiger charge is -2.26. The van der Waals surface area contributed by atoms with Gasteiger partial charge >= 0.3 is 5.97 Å². The Morgan fingerprint density at radius 1 is 0.906 bits per heavy atom. The van der Waals surface area contributed by atoms with Gasteiger partial charge in [-0.1, -0.05) is 13.8 Å². The Morgan fingerprint density at radius 3 is 1.91 bits per heavy atom. The fourth-order valence-corrected chi connectivity index (χ4v) is 2.93. The second-order valence-electron chi connectivity index (χ2n) is 8.85. The number of amides is 4. The smallest absolute Gasteiger partial charge is 0.328 e. The Labute approximate surface area is 187 Å². The van der Waals surface area contributed by atoms with E-state index in [1.54, 1.807) is 34.6 Å². The third kappa shape index (κ3) is 6.26. The molecule has 0 radical (unpaired) electrons. The quantitative estimate of drug-likeness (QED) is 0.489. The van der Waals surface area contributed by atoms with E-state index < -0.39 is 47.3 Å². The average Bonchev–Trinajstić information content (AvgIpc) is 3.02. The first-order valence-electron chi connectivity index (χ1n) is 10.3. The van der Waals surface area contributed by atoms with Crippen molar-refractivity contribution in [2.45, 2.75) is 59.2 Å². The summed E-state index contributed by atoms with van der Waals surface area (Å²) in [4.78, 5) is 62.1. The van der Waals surface area contributed by atoms with Gasteiger partial charge in [-0.15, -0.1) is 0 Å². The van der Waals surface area contributed by atoms with Crippen molar-refractivity contribution in [2.75, 3.05) is 4.90 Å². The fraction of sp³-hybridized carbons (Fsp3) is 0.435. The molecule has 0 spiro atoms. The molecule has 2 rings (SSSR count). The Morgan fingerprint density at radius 2 is 1.44 bits per heavy atom. The zero-order valence-electron chi connectivity index (χ0n) is 19.1. The molecule has 9 heteroatoms. The number of rotatable bonds is 7. The summed E-state index contributed by atoms with van der Waals surface area (Å²) in [6.07, 6.45) is 2.35. The van der Waals surface area contributed by atoms with Gasteiger partial charge in [-0.3, -0.25) is 19.2 Å². The highest BCUT2D eigenvalue weighted by Gasteiger charge is 2.30. The molecule has 0 unspecified atom stereocenters. The van der Waals surface area contributed by atoms with E-state index in [-0.39, 0.29) is 11.5 Å². The van der Waals surface area contributed by atoms with Gasteiger partial charge in [-0.05, 0) is 57.9 Å². The van der Waals surface area contributed by atoms with Crippen molar-refractivity contribution < 1.29 is 28.7 Å². The number of hydrogen-bond acceptors (Lipinski definition) is 6. The number of benzene rings is 1. The van der Waals surface area contributed by atoms with Crippen molar-refractivity contribution in [3.8, 4) is 0 Å². The summed E-state index contributed by atoms with van der Waals surface area (Å²) in [7, 11) is 0. The maximum atomic E-state index is 12.7. The van der Waals surface area contributed by atoms with E-state index in [9.17, 15) is 24.0 Å². The van der Waals surface area contributed by atoms with Crippen molar-refractivity contribution in [3.05, 3.63) is 42.0 Å². The largest absolute Gasteiger partial charge is 0.458 e. The minimum Gasteiger partial charge on any atom is -0.458 e. The first-order valence-corrected chi connectivity index (χ1v) is 10.3. The second-order valence-corrected chi connectivity index (χ2v) is 8.85. The zero-order chi connectivity index (χ0) is 24.2. The number of nitrogens with zero attached hydrogens (tertiary/aromatic N) is 1. The number of anilines is 1. The van der Waals surface area contributed by atoms with E-state index >= 15 is 0 Å². The van der Waals surface area contributed by atoms with Crippen molar-refractivity contribution in [3.63, 3.8) is 0 Å². The van der Waals surface area contributed by atoms with E-state index in [1.165, 1.54) is 43.3 Å². The minimum absolute atomic E-state index is 0.249. The number of imide groups is 1. The molecule has 32 heavy (non-hydrogen) atoms. The van der Waals surface area contributed by atoms with Gasteiger partial charge in [0, 0.05) is 17.7 Å². The summed E-state index contributed by atoms with van der Waals surface area (Å²) >= 11 is 0. The van der Waals surface area contributed by atoms with Crippen LogP contribution in [0.1, 0.15) is 51.9 Å². The van der Waals surface area contributed by atoms with Crippen molar-refractivity contribution in [2.24, 2.45) is 5.92 Å². The summed E-state index contributed by atoms with van der Waals surface area (Å²) in [5, 5.41) is 5.25. The molecule has 0 saturated heterocycles. The van der Waals surface area contributed by atoms with Crippen LogP contribution >= 0.6 is 0 Å². The lowest BCUT2D eigenvalue weighted by molar-refractivity contribution is -0.158. The summed E-state index contributed by atoms with van der Waals surface area (Å²) in [6.45, 7) is 10.2. The maximum absolute atomic E-state index is 12.7. The zero-order valence-corrected chi connectivity index (χ0v) is 19.1. The Kier molecular flexibility index (Phi) is 7.56. The van der Waals surface area contributed by atoms with Gasteiger partial charge in [0.1, 0.15) is 17.7 Å². The van der Waals surface area contributed by atoms with Crippen LogP contribution < -0.4 is 15.5 Å². The standard InChI is InChI=1S/C23H29N3O6/c1-13(2)19(21(30)24-14(3)22(31)32-23(4,5)6)25-20(29)15-7-9-16(10-8-15)26-17(27)11-12-18(26)28/h7-14,19H,1-6H3,(H,24,30)(H,25,29)/t14-,19-/m0/s1. The van der Waals surface area contributed by atoms with Crippen molar-refractivity contribution in [1.82, 2.24) is 10.6 Å². The molecule has 0 saturated carbocycles. The fourth-order valence-electron chi connectivity index (χ4n) is 2.93. The van der Waals surface area contributed by atoms with Gasteiger partial charge in [0.05, 0.1) is 5.69 Å². The van der Waals surface area contributed by atoms with E-state index in [1.807, 2.05) is 0 Å². The molecule has 1 heterocycles. The molecule has 172 valence electrons. The lowest BCUT2D eigenvalue weighted by Crippen LogP contribution is -2.53. The molecule has 1 aliphatic heterocycles. The SMILES string of the molecule is CC(C)[C@H](NC(=O)c1ccc(N2C(=O)C=CC2=O)cc1)C(=O)N[C@@H](C)C(=O)OC(C)(C)C. The molecule has 1 aromatic rings. The molecule has 9 nitrogen and oxygen atoms in total. The predicted octanol–water partition coefficient (Wildman–Crippen LogP) is 1.72. The molecule has 1 aromatic carbocycles. The summed E-state index contributed by atoms with van der Waals surface area (Å²) in [5.41, 5.74) is -0.0980. The number of hydrogen-bond donors (Lipinski definition) is 2. The molecular formula is C23H29N3O6. The first kappa shape index (κ1) is 24.8. The van der Waals surface area contributed by atoms with Gasteiger partial charge in [-0.2, -0.15) is 0 Å². The van der Waals surface area contributed by atoms with Crippen molar-refractivity contribution >= 4 is 35.3 Å². The van der Waals surface area contributed by atoms with E-state index in [2.05, 4.69) is 10.6 Å². The highest BCUT2D eigenvalue weighted by Crippen LogP contribution is 2.19. The summed E-state index contributed by atoms with van der Waals surface area (Å²) in [6, 6.07) is 4.10. The van der Waals surface area contributed by atoms with Crippen LogP contribution in [0.2, 0.25) is 0 Å². The molecule has 1 aliphatic rings. The molecule has 0 aliphatic carbocycles. The molecule has 2 N–H and O–H groups in total. The first-order chi connectivity index (χ1) is 14.8. The predicted molar refractivity (Wildman–Crippen MR) is 118 cm³/mol. The average molecular weight is 444 g/mol. The minimum atomic E-state index is -0.891. The molecule has 0 aromatic heterocycles. The summed E-state index contributed by atoms with van der Waals surface area (Å²) < 4.78 is 5.26. The second kappa shape index (κ2) is 9.76. The monoisotopic (exact) mass is 443 g/mol. The van der Waals surface area contributed by atoms with Crippen LogP contribution in [0, 0.1) is 5.92 Å². The van der Waals surface area contributed by atoms with E-state index in [0.717, 1.165) is 4.90 Å². The van der Waals surface area contributed by atoms with Crippen molar-refractivity contribution in [1.29, 1.82) is 0 Å². The van der Waals surface area contributed by atoms with Gasteiger partial charge in [-0.25, -0.2) is 9.69 Å². The normalized spacial score (nSPS) is 15.5. The van der Waals surface area contributed by atoms with Crippen LogP contribution in [0.3, 0.4) is 0 Å². The summed E-state index contributed by atoms with van der Waals surface area (Å²) in [5.74, 6) is -2.76. The topological polar surface area (TPSA) is 122 Å². The molecule has 0 fully saturated rings. The van der Waals surface area contributed by atoms with Crippen LogP contribution in [0.4, 0.5) is 5.69 Å². The maximum Gasteiger partial charge on any atom is 0.328 e. The van der Waals surface area contributed by atoms with Gasteiger partial charge in [0.25, 0.3) is 17.7 Å². The van der Waals surface area contributed by atoms with Gasteiger partial charge in [0.2, 0.25) is 5.91 Å². The third-order valence-electron chi connectivity index (χ3n) is 4.55. The molecule has 4 amide bonds. The van der Waals surface area contributed by atoms with Crippen LogP contribution in [0.25, 0.3) is 0 Å². The number of ether oxygens (including phenoxy) is 1. The van der Waals surface area contributed by atoms with Crippen LogP contribution in [-0.2, 0) is 23.9 Å². The highest BCUT2D eigenvalue weighted by atomic mass is 16.6. The number of esters is 1. The highest BCUT2D eigenvalue weighted by molar-refractivity contribution is 6.28. The van der Waals surface area contributed by atoms with Crippen LogP contribution in [0.5, 0.6) is 0 Å². The third-order valence-corrected chi connectivity index (χ3v) is 4.55. The Bertz CT molecular complexity index is 925. The number of carbonyl (C=O) groups is 5. The van der Waals surface area contributed by atoms with Gasteiger partial charge in [0.15, 0.2) is 0 Å². The molecular weight excluding hydrogens is 414 g/mol. The Balaban J connectivity index is 2.05. The van der Waals surface area contributed by atoms with E-state index in [0.29, 0.717) is 5.69 Å². The van der Waals surface area contributed by atoms with Crippen LogP contribution in [0.15, 0.2) is 36.4 Å². The molecule has 0 bridgehead atoms. The molecule has 2 atom stereocenters. The lowest BCUT2D eigenvalue weighted by atomic mass is 10.0. The van der Waals surface area contributed by atoms with Gasteiger partial charge < -0.3 is 15.4 Å².